The highest BCUT2D eigenvalue weighted by Gasteiger charge is 2.62. The highest BCUT2D eigenvalue weighted by molar-refractivity contribution is 6.35. The summed E-state index contributed by atoms with van der Waals surface area (Å²) in [6.45, 7) is 31.0. The number of benzene rings is 6. The van der Waals surface area contributed by atoms with E-state index in [1.165, 1.54) is 12.1 Å². The van der Waals surface area contributed by atoms with Crippen LogP contribution in [0.1, 0.15) is 126 Å². The molecule has 21 atom stereocenters. The summed E-state index contributed by atoms with van der Waals surface area (Å²) >= 11 is 6.26. The number of fused-ring (bicyclic) bond motifs is 12. The van der Waals surface area contributed by atoms with Gasteiger partial charge in [0.2, 0.25) is 35.4 Å². The molecule has 0 bridgehead atoms. The van der Waals surface area contributed by atoms with Crippen molar-refractivity contribution < 1.29 is 46.3 Å². The van der Waals surface area contributed by atoms with E-state index in [1.54, 1.807) is 30.7 Å². The van der Waals surface area contributed by atoms with Crippen molar-refractivity contribution in [2.45, 2.75) is 110 Å². The van der Waals surface area contributed by atoms with Gasteiger partial charge in [-0.05, 0) is 255 Å². The van der Waals surface area contributed by atoms with Gasteiger partial charge in [0.05, 0.1) is 102 Å². The van der Waals surface area contributed by atoms with Gasteiger partial charge in [0.25, 0.3) is 0 Å². The molecule has 12 heterocycles. The first kappa shape index (κ1) is 91.8. The van der Waals surface area contributed by atoms with Gasteiger partial charge in [-0.2, -0.15) is 43.8 Å². The number of piperidine rings is 6. The number of nitrogens with one attached hydrogen (secondary N) is 14. The average Bonchev–Trinajstić information content (AvgIpc) is 1.57. The number of aromatic nitrogens is 12. The molecule has 9 unspecified atom stereocenters. The van der Waals surface area contributed by atoms with Crippen molar-refractivity contribution in [2.75, 3.05) is 78.5 Å². The number of rotatable bonds is 18. The van der Waals surface area contributed by atoms with Crippen molar-refractivity contribution in [3.63, 3.8) is 0 Å². The van der Waals surface area contributed by atoms with Crippen LogP contribution in [0.15, 0.2) is 121 Å². The predicted octanol–water partition coefficient (Wildman–Crippen LogP) is 9.92. The Kier molecular flexibility index (Phi) is 24.3. The van der Waals surface area contributed by atoms with Gasteiger partial charge in [0.15, 0.2) is 5.82 Å². The smallest absolute Gasteiger partial charge is 0.348 e. The topological polar surface area (TPSA) is 375 Å². The van der Waals surface area contributed by atoms with Crippen LogP contribution >= 0.6 is 11.6 Å². The highest BCUT2D eigenvalue weighted by Crippen LogP contribution is 2.54. The van der Waals surface area contributed by atoms with Gasteiger partial charge in [-0.1, -0.05) is 103 Å². The van der Waals surface area contributed by atoms with Crippen LogP contribution in [0.2, 0.25) is 5.02 Å². The maximum atomic E-state index is 13.8. The van der Waals surface area contributed by atoms with E-state index in [-0.39, 0.29) is 100 Å². The molecule has 134 heavy (non-hydrogen) atoms. The molecule has 12 aliphatic rings. The standard InChI is InChI=1S/C18H24N4O.C17H19F3N4O.C16H19ClN4O.C16H19FN4O.2C16H20N4O/c1-10-6-5-7-11-15(10)21-22(4)16(11)18(2,3)20-17(23)14-12-8-19-9-13(12)14;1-16(2,22-15(25)12-9-6-21-7-10(9)12)14-8-4-3-5-11(17(18,19)20)13(8)23-24-14;1-8(19-16(22)13-10-6-18-7-11(10)13)14-9-4-3-5-12(17)15(9)21(2)20-14;1-16(2,19-15(22)12-9-6-18-7-10(9)12)14-8-4-3-5-11(17)13(8)20-21-14;2*1-9(18-16(21)14-11-7-17-8-12(11)14)15-10-5-3-4-6-13(10)20(2)19-15/h5-7,12-14,19H,8-9H2,1-4H3,(H,20,23);3-5,9-10,12,21H,6-7H2,1-2H3,(H,22,25)(H,23,24);3-5,8,10-11,13,18H,6-7H2,1-2H3,(H,19,22);3-5,9-10,12,18H,6-7H2,1-2H3,(H,19,22)(H,20,21);2*3-6,9,11-12,14,17H,7-8H2,1-2H3,(H,18,21)/t12-,13+,14?;9-,10+,12?;8?,10-,11+,13?;9-,10+,12?;2*9?,11-,12+,14?. The Balaban J connectivity index is 0.000000104. The van der Waals surface area contributed by atoms with Crippen molar-refractivity contribution in [3.8, 4) is 0 Å². The number of nitrogens with zero attached hydrogens (tertiary/aromatic N) is 10. The molecular weight excluding hydrogens is 1730 g/mol. The minimum Gasteiger partial charge on any atom is -0.348 e. The molecule has 0 spiro atoms. The SMILES string of the molecule is CC(C)(NC(=O)C1[C@H]2CNC[C@@H]12)c1[nH]nc2c(C(F)(F)F)cccc12.CC(C)(NC(=O)C1[C@H]2CNC[C@@H]12)c1[nH]nc2c(F)cccc12.CC(NC(=O)C1[C@H]2CNC[C@@H]12)c1nn(C)c2c(Cl)cccc12.CC(NC(=O)C1[C@H]2CNC[C@@H]12)c1nn(C)c2ccccc12.CC(NC(=O)C1[C@H]2CNC[C@@H]12)c1nn(C)c2ccccc12.Cc1cccc2c(C(C)(C)NC(=O)C3[C@H]4CNC[C@@H]34)n(C)nc12. The zero-order valence-corrected chi connectivity index (χ0v) is 78.7. The second-order valence-electron chi connectivity index (χ2n) is 40.8. The van der Waals surface area contributed by atoms with Crippen LogP contribution in [0.4, 0.5) is 17.6 Å². The van der Waals surface area contributed by atoms with Gasteiger partial charge in [0.1, 0.15) is 11.0 Å². The van der Waals surface area contributed by atoms with Crippen LogP contribution in [0.25, 0.3) is 65.4 Å². The fraction of sp³-hybridized carbons (Fsp3) is 0.515. The third kappa shape index (κ3) is 17.4. The Bertz CT molecular complexity index is 6380. The van der Waals surface area contributed by atoms with E-state index in [2.05, 4.69) is 168 Å². The largest absolute Gasteiger partial charge is 0.418 e. The third-order valence-electron chi connectivity index (χ3n) is 30.7. The maximum absolute atomic E-state index is 13.8. The first-order valence-electron chi connectivity index (χ1n) is 47.2. The number of hydrogen-bond acceptors (Lipinski definition) is 18. The third-order valence-corrected chi connectivity index (χ3v) is 31.0. The van der Waals surface area contributed by atoms with Crippen LogP contribution in [0, 0.1) is 119 Å². The van der Waals surface area contributed by atoms with E-state index in [0.29, 0.717) is 98.0 Å². The summed E-state index contributed by atoms with van der Waals surface area (Å²) in [7, 11) is 7.72. The van der Waals surface area contributed by atoms with E-state index in [0.717, 1.165) is 162 Å². The molecule has 6 aliphatic carbocycles. The molecule has 6 amide bonds. The van der Waals surface area contributed by atoms with Gasteiger partial charge in [-0.3, -0.25) is 57.7 Å². The quantitative estimate of drug-likeness (QED) is 0.0355. The number of aryl methyl sites for hydroxylation is 5. The van der Waals surface area contributed by atoms with Crippen molar-refractivity contribution in [1.82, 2.24) is 123 Å². The van der Waals surface area contributed by atoms with E-state index >= 15 is 0 Å². The fourth-order valence-corrected chi connectivity index (χ4v) is 23.7. The zero-order chi connectivity index (χ0) is 94.4. The molecule has 6 aromatic heterocycles. The Hall–Kier alpha value is -11.3. The molecule has 35 heteroatoms. The number of halogens is 5. The number of alkyl halides is 3. The Labute approximate surface area is 778 Å². The minimum atomic E-state index is -4.47. The second kappa shape index (κ2) is 35.4. The molecule has 0 radical (unpaired) electrons. The highest BCUT2D eigenvalue weighted by atomic mass is 35.5. The van der Waals surface area contributed by atoms with Crippen LogP contribution in [-0.2, 0) is 79.8 Å². The lowest BCUT2D eigenvalue weighted by Crippen LogP contribution is -2.44. The van der Waals surface area contributed by atoms with E-state index in [4.69, 9.17) is 11.6 Å². The number of carbonyl (C=O) groups is 6. The summed E-state index contributed by atoms with van der Waals surface area (Å²) < 4.78 is 60.7. The molecule has 6 aromatic carbocycles. The van der Waals surface area contributed by atoms with Gasteiger partial charge in [0, 0.05) is 96.0 Å². The van der Waals surface area contributed by atoms with Crippen LogP contribution in [-0.4, -0.2) is 173 Å². The summed E-state index contributed by atoms with van der Waals surface area (Å²) in [5, 5.41) is 76.6. The number of aromatic amines is 2. The monoisotopic (exact) mass is 1850 g/mol. The lowest BCUT2D eigenvalue weighted by Gasteiger charge is -2.27. The fourth-order valence-electron chi connectivity index (χ4n) is 23.4. The molecule has 12 fully saturated rings. The summed E-state index contributed by atoms with van der Waals surface area (Å²) in [5.41, 5.74) is 7.82. The predicted molar refractivity (Wildman–Crippen MR) is 503 cm³/mol. The van der Waals surface area contributed by atoms with Gasteiger partial charge in [-0.15, -0.1) is 0 Å². The first-order chi connectivity index (χ1) is 64.0. The number of hydrogen-bond donors (Lipinski definition) is 14. The molecular formula is C99H121ClF4N24O6. The van der Waals surface area contributed by atoms with Crippen molar-refractivity contribution in [1.29, 1.82) is 0 Å². The number of amides is 6. The number of para-hydroxylation sites is 5. The van der Waals surface area contributed by atoms with Crippen LogP contribution in [0.3, 0.4) is 0 Å². The lowest BCUT2D eigenvalue weighted by molar-refractivity contribution is -0.136. The second-order valence-corrected chi connectivity index (χ2v) is 41.2. The number of carbonyl (C=O) groups excluding carboxylic acids is 6. The summed E-state index contributed by atoms with van der Waals surface area (Å²) in [6, 6.07) is 36.9. The Morgan fingerprint density at radius 3 is 1.10 bits per heavy atom. The zero-order valence-electron chi connectivity index (χ0n) is 78.0. The molecule has 6 saturated carbocycles. The summed E-state index contributed by atoms with van der Waals surface area (Å²) in [4.78, 5) is 74.9. The number of H-pyrrole nitrogens is 2. The Morgan fingerprint density at radius 2 is 0.694 bits per heavy atom. The van der Waals surface area contributed by atoms with Crippen molar-refractivity contribution in [2.24, 2.45) is 135 Å². The Morgan fingerprint density at radius 1 is 0.373 bits per heavy atom. The molecule has 6 saturated heterocycles. The average molecular weight is 1850 g/mol. The summed E-state index contributed by atoms with van der Waals surface area (Å²) in [6.07, 6.45) is -4.47. The van der Waals surface area contributed by atoms with E-state index in [1.807, 2.05) is 125 Å². The normalized spacial score (nSPS) is 27.2. The van der Waals surface area contributed by atoms with Crippen LogP contribution in [0.5, 0.6) is 0 Å². The van der Waals surface area contributed by atoms with Gasteiger partial charge >= 0.3 is 6.18 Å². The van der Waals surface area contributed by atoms with Gasteiger partial charge < -0.3 is 63.8 Å². The molecule has 708 valence electrons. The minimum absolute atomic E-state index is 0.000414. The van der Waals surface area contributed by atoms with Crippen LogP contribution < -0.4 is 63.8 Å². The van der Waals surface area contributed by atoms with Crippen molar-refractivity contribution in [3.05, 3.63) is 177 Å². The molecule has 30 nitrogen and oxygen atoms in total. The van der Waals surface area contributed by atoms with Gasteiger partial charge in [-0.25, -0.2) is 4.39 Å². The van der Waals surface area contributed by atoms with E-state index < -0.39 is 28.4 Å². The molecule has 24 rings (SSSR count). The summed E-state index contributed by atoms with van der Waals surface area (Å²) in [5.74, 6) is 7.39. The molecule has 14 N–H and O–H groups in total. The maximum Gasteiger partial charge on any atom is 0.418 e. The van der Waals surface area contributed by atoms with Crippen molar-refractivity contribution >= 4 is 112 Å². The molecule has 6 aliphatic heterocycles. The van der Waals surface area contributed by atoms with E-state index in [9.17, 15) is 46.3 Å². The molecule has 12 aromatic rings. The first-order valence-corrected chi connectivity index (χ1v) is 47.5. The lowest BCUT2D eigenvalue weighted by atomic mass is 9.95.